The average molecular weight is 321 g/mol. The first-order valence-corrected chi connectivity index (χ1v) is 7.92. The van der Waals surface area contributed by atoms with Crippen molar-refractivity contribution in [1.29, 1.82) is 0 Å². The zero-order valence-corrected chi connectivity index (χ0v) is 13.7. The number of nitrogens with zero attached hydrogens (tertiary/aromatic N) is 2. The summed E-state index contributed by atoms with van der Waals surface area (Å²) >= 11 is 0. The topological polar surface area (TPSA) is 48.3 Å². The third kappa shape index (κ3) is 2.69. The summed E-state index contributed by atoms with van der Waals surface area (Å²) in [7, 11) is 2.01. The minimum absolute atomic E-state index is 0.285. The van der Waals surface area contributed by atoms with Gasteiger partial charge >= 0.3 is 0 Å². The molecule has 0 atom stereocenters. The third-order valence-corrected chi connectivity index (χ3v) is 4.19. The molecule has 0 saturated heterocycles. The van der Waals surface area contributed by atoms with Gasteiger partial charge < -0.3 is 19.4 Å². The van der Waals surface area contributed by atoms with Crippen LogP contribution in [-0.2, 0) is 13.6 Å². The van der Waals surface area contributed by atoms with Crippen LogP contribution in [0.1, 0.15) is 11.1 Å². The Bertz CT molecular complexity index is 886. The predicted molar refractivity (Wildman–Crippen MR) is 93.3 cm³/mol. The van der Waals surface area contributed by atoms with Crippen molar-refractivity contribution in [2.24, 2.45) is 7.05 Å². The van der Waals surface area contributed by atoms with Crippen molar-refractivity contribution >= 4 is 5.95 Å². The molecule has 1 aromatic heterocycles. The summed E-state index contributed by atoms with van der Waals surface area (Å²) in [5.41, 5.74) is 4.58. The minimum atomic E-state index is 0.285. The summed E-state index contributed by atoms with van der Waals surface area (Å²) in [4.78, 5) is 4.50. The normalized spacial score (nSPS) is 12.4. The highest BCUT2D eigenvalue weighted by molar-refractivity contribution is 5.66. The van der Waals surface area contributed by atoms with E-state index < -0.39 is 0 Å². The van der Waals surface area contributed by atoms with E-state index in [-0.39, 0.29) is 6.79 Å². The number of hydrogen-bond donors (Lipinski definition) is 1. The molecule has 0 aliphatic carbocycles. The lowest BCUT2D eigenvalue weighted by Crippen LogP contribution is -2.05. The average Bonchev–Trinajstić information content (AvgIpc) is 3.19. The predicted octanol–water partition coefficient (Wildman–Crippen LogP) is 3.74. The van der Waals surface area contributed by atoms with E-state index in [1.807, 2.05) is 36.0 Å². The van der Waals surface area contributed by atoms with E-state index in [1.165, 1.54) is 11.1 Å². The Labute approximate surface area is 140 Å². The second-order valence-electron chi connectivity index (χ2n) is 5.94. The molecule has 5 heteroatoms. The molecule has 0 fully saturated rings. The zero-order valence-electron chi connectivity index (χ0n) is 13.7. The molecule has 0 radical (unpaired) electrons. The molecule has 0 bridgehead atoms. The van der Waals surface area contributed by atoms with Gasteiger partial charge in [-0.05, 0) is 30.7 Å². The van der Waals surface area contributed by atoms with Crippen molar-refractivity contribution < 1.29 is 9.47 Å². The first kappa shape index (κ1) is 14.6. The fourth-order valence-electron chi connectivity index (χ4n) is 2.90. The van der Waals surface area contributed by atoms with Crippen LogP contribution in [0.5, 0.6) is 11.5 Å². The summed E-state index contributed by atoms with van der Waals surface area (Å²) in [5, 5.41) is 3.39. The highest BCUT2D eigenvalue weighted by atomic mass is 16.7. The molecule has 2 heterocycles. The second-order valence-corrected chi connectivity index (χ2v) is 5.94. The monoisotopic (exact) mass is 321 g/mol. The standard InChI is InChI=1S/C19H19N3O2/c1-13-4-3-5-14(8-13)10-20-19-21-11-16(22(19)2)15-6-7-17-18(9-15)24-12-23-17/h3-9,11H,10,12H2,1-2H3,(H,20,21). The summed E-state index contributed by atoms with van der Waals surface area (Å²) in [6.07, 6.45) is 1.87. The van der Waals surface area contributed by atoms with Gasteiger partial charge in [-0.25, -0.2) is 4.98 Å². The second kappa shape index (κ2) is 5.92. The zero-order chi connectivity index (χ0) is 16.5. The van der Waals surface area contributed by atoms with Gasteiger partial charge in [0.25, 0.3) is 0 Å². The van der Waals surface area contributed by atoms with E-state index in [0.29, 0.717) is 0 Å². The van der Waals surface area contributed by atoms with E-state index in [9.17, 15) is 0 Å². The maximum atomic E-state index is 5.46. The van der Waals surface area contributed by atoms with Gasteiger partial charge in [0.15, 0.2) is 11.5 Å². The number of aromatic nitrogens is 2. The van der Waals surface area contributed by atoms with Crippen LogP contribution in [0.2, 0.25) is 0 Å². The van der Waals surface area contributed by atoms with E-state index in [1.54, 1.807) is 0 Å². The number of anilines is 1. The fourth-order valence-corrected chi connectivity index (χ4v) is 2.90. The Morgan fingerprint density at radius 1 is 1.12 bits per heavy atom. The quantitative estimate of drug-likeness (QED) is 0.795. The lowest BCUT2D eigenvalue weighted by Gasteiger charge is -2.09. The van der Waals surface area contributed by atoms with Gasteiger partial charge in [0, 0.05) is 19.2 Å². The first-order chi connectivity index (χ1) is 11.7. The van der Waals surface area contributed by atoms with Gasteiger partial charge in [-0.15, -0.1) is 0 Å². The maximum Gasteiger partial charge on any atom is 0.231 e. The van der Waals surface area contributed by atoms with E-state index >= 15 is 0 Å². The number of imidazole rings is 1. The molecule has 0 saturated carbocycles. The molecule has 24 heavy (non-hydrogen) atoms. The SMILES string of the molecule is Cc1cccc(CNc2ncc(-c3ccc4c(c3)OCO4)n2C)c1. The summed E-state index contributed by atoms with van der Waals surface area (Å²) in [5.74, 6) is 2.41. The maximum absolute atomic E-state index is 5.46. The number of rotatable bonds is 4. The number of aryl methyl sites for hydroxylation is 1. The largest absolute Gasteiger partial charge is 0.454 e. The Morgan fingerprint density at radius 2 is 2.00 bits per heavy atom. The Kier molecular flexibility index (Phi) is 3.61. The van der Waals surface area contributed by atoms with E-state index in [4.69, 9.17) is 9.47 Å². The molecular weight excluding hydrogens is 302 g/mol. The van der Waals surface area contributed by atoms with Gasteiger partial charge in [0.05, 0.1) is 11.9 Å². The van der Waals surface area contributed by atoms with Crippen LogP contribution in [0.25, 0.3) is 11.3 Å². The molecule has 5 nitrogen and oxygen atoms in total. The van der Waals surface area contributed by atoms with Crippen molar-refractivity contribution in [2.45, 2.75) is 13.5 Å². The van der Waals surface area contributed by atoms with Crippen LogP contribution in [-0.4, -0.2) is 16.3 Å². The summed E-state index contributed by atoms with van der Waals surface area (Å²) in [6.45, 7) is 3.13. The van der Waals surface area contributed by atoms with Crippen LogP contribution in [0.3, 0.4) is 0 Å². The van der Waals surface area contributed by atoms with Crippen molar-refractivity contribution in [3.8, 4) is 22.8 Å². The number of ether oxygens (including phenoxy) is 2. The molecule has 0 spiro atoms. The van der Waals surface area contributed by atoms with Crippen molar-refractivity contribution in [3.05, 3.63) is 59.8 Å². The van der Waals surface area contributed by atoms with Gasteiger partial charge in [0.2, 0.25) is 12.7 Å². The van der Waals surface area contributed by atoms with E-state index in [0.717, 1.165) is 35.2 Å². The molecule has 4 rings (SSSR count). The lowest BCUT2D eigenvalue weighted by atomic mass is 10.1. The smallest absolute Gasteiger partial charge is 0.231 e. The number of fused-ring (bicyclic) bond motifs is 1. The van der Waals surface area contributed by atoms with Crippen LogP contribution >= 0.6 is 0 Å². The molecule has 0 amide bonds. The first-order valence-electron chi connectivity index (χ1n) is 7.92. The van der Waals surface area contributed by atoms with Crippen LogP contribution in [0.4, 0.5) is 5.95 Å². The van der Waals surface area contributed by atoms with Crippen LogP contribution in [0.15, 0.2) is 48.7 Å². The molecule has 1 aliphatic heterocycles. The highest BCUT2D eigenvalue weighted by Gasteiger charge is 2.16. The van der Waals surface area contributed by atoms with Gasteiger partial charge in [0.1, 0.15) is 0 Å². The van der Waals surface area contributed by atoms with Gasteiger partial charge in [-0.1, -0.05) is 29.8 Å². The fraction of sp³-hybridized carbons (Fsp3) is 0.211. The molecule has 1 aliphatic rings. The molecule has 122 valence electrons. The Hall–Kier alpha value is -2.95. The summed E-state index contributed by atoms with van der Waals surface area (Å²) in [6, 6.07) is 14.4. The van der Waals surface area contributed by atoms with Gasteiger partial charge in [-0.2, -0.15) is 0 Å². The molecule has 0 unspecified atom stereocenters. The minimum Gasteiger partial charge on any atom is -0.454 e. The molecule has 2 aromatic carbocycles. The number of nitrogens with one attached hydrogen (secondary N) is 1. The lowest BCUT2D eigenvalue weighted by molar-refractivity contribution is 0.174. The number of hydrogen-bond acceptors (Lipinski definition) is 4. The van der Waals surface area contributed by atoms with Crippen molar-refractivity contribution in [1.82, 2.24) is 9.55 Å². The van der Waals surface area contributed by atoms with Gasteiger partial charge in [-0.3, -0.25) is 0 Å². The number of benzene rings is 2. The highest BCUT2D eigenvalue weighted by Crippen LogP contribution is 2.36. The van der Waals surface area contributed by atoms with E-state index in [2.05, 4.69) is 41.5 Å². The third-order valence-electron chi connectivity index (χ3n) is 4.19. The molecule has 1 N–H and O–H groups in total. The van der Waals surface area contributed by atoms with Crippen LogP contribution < -0.4 is 14.8 Å². The Morgan fingerprint density at radius 3 is 2.88 bits per heavy atom. The van der Waals surface area contributed by atoms with Crippen molar-refractivity contribution in [3.63, 3.8) is 0 Å². The van der Waals surface area contributed by atoms with Crippen molar-refractivity contribution in [2.75, 3.05) is 12.1 Å². The van der Waals surface area contributed by atoms with Crippen LogP contribution in [0, 0.1) is 6.92 Å². The molecular formula is C19H19N3O2. The summed E-state index contributed by atoms with van der Waals surface area (Å²) < 4.78 is 12.9. The Balaban J connectivity index is 1.55. The molecule has 3 aromatic rings.